The van der Waals surface area contributed by atoms with Crippen LogP contribution < -0.4 is 5.32 Å². The fourth-order valence-electron chi connectivity index (χ4n) is 4.17. The fourth-order valence-corrected chi connectivity index (χ4v) is 4.17. The van der Waals surface area contributed by atoms with Crippen molar-refractivity contribution in [3.8, 4) is 11.4 Å². The highest BCUT2D eigenvalue weighted by Gasteiger charge is 2.31. The summed E-state index contributed by atoms with van der Waals surface area (Å²) in [4.78, 5) is 63.1. The van der Waals surface area contributed by atoms with Crippen LogP contribution >= 0.6 is 0 Å². The number of nitrogens with one attached hydrogen (secondary N) is 1. The Balaban J connectivity index is 1.82. The molecule has 2 unspecified atom stereocenters. The molecule has 0 spiro atoms. The fraction of sp³-hybridized carbons (Fsp3) is 0.500. The van der Waals surface area contributed by atoms with Crippen LogP contribution in [0.2, 0.25) is 0 Å². The maximum Gasteiger partial charge on any atom is 0.409 e. The normalized spacial score (nSPS) is 14.7. The molecule has 216 valence electrons. The van der Waals surface area contributed by atoms with Gasteiger partial charge in [-0.25, -0.2) is 14.8 Å². The molecule has 40 heavy (non-hydrogen) atoms. The summed E-state index contributed by atoms with van der Waals surface area (Å²) in [7, 11) is 0. The standard InChI is InChI=1S/C28H37N5O7/c1-4-39-24(35)12-11-21(27(37)32-13-15-33(16-14-32)28(38)40-5-2)31-26(36)23-17-22(19(3)18-34)29-25(30-23)20-9-7-6-8-10-20/h6-10,17,19,21,34H,4-5,11-16,18H2,1-3H3,(H,31,36). The van der Waals surface area contributed by atoms with E-state index in [1.807, 2.05) is 30.3 Å². The van der Waals surface area contributed by atoms with E-state index in [0.29, 0.717) is 17.1 Å². The number of rotatable bonds is 11. The number of amides is 3. The molecule has 1 aromatic carbocycles. The molecule has 3 amide bonds. The van der Waals surface area contributed by atoms with Gasteiger partial charge in [0, 0.05) is 44.1 Å². The third-order valence-corrected chi connectivity index (χ3v) is 6.45. The molecule has 1 saturated heterocycles. The lowest BCUT2D eigenvalue weighted by Gasteiger charge is -2.36. The lowest BCUT2D eigenvalue weighted by Crippen LogP contribution is -2.56. The average molecular weight is 556 g/mol. The van der Waals surface area contributed by atoms with E-state index in [1.54, 1.807) is 25.7 Å². The molecular formula is C28H37N5O7. The molecule has 1 aromatic heterocycles. The molecule has 0 saturated carbocycles. The SMILES string of the molecule is CCOC(=O)CCC(NC(=O)c1cc(C(C)CO)nc(-c2ccccc2)n1)C(=O)N1CCN(C(=O)OCC)CC1. The van der Waals surface area contributed by atoms with Crippen molar-refractivity contribution in [3.63, 3.8) is 0 Å². The first-order valence-corrected chi connectivity index (χ1v) is 13.5. The van der Waals surface area contributed by atoms with Crippen molar-refractivity contribution in [2.45, 2.75) is 45.6 Å². The third kappa shape index (κ3) is 8.22. The van der Waals surface area contributed by atoms with Crippen LogP contribution in [0.5, 0.6) is 0 Å². The summed E-state index contributed by atoms with van der Waals surface area (Å²) in [5.41, 5.74) is 1.20. The number of benzene rings is 1. The van der Waals surface area contributed by atoms with Crippen LogP contribution in [0.15, 0.2) is 36.4 Å². The number of aliphatic hydroxyl groups excluding tert-OH is 1. The Morgan fingerprint density at radius 2 is 1.62 bits per heavy atom. The number of piperazine rings is 1. The van der Waals surface area contributed by atoms with E-state index in [2.05, 4.69) is 15.3 Å². The van der Waals surface area contributed by atoms with Crippen LogP contribution in [0.4, 0.5) is 4.79 Å². The second kappa shape index (κ2) is 14.9. The zero-order valence-corrected chi connectivity index (χ0v) is 23.2. The summed E-state index contributed by atoms with van der Waals surface area (Å²) in [6.07, 6.45) is -0.482. The zero-order valence-electron chi connectivity index (χ0n) is 23.2. The number of ether oxygens (including phenoxy) is 2. The number of esters is 1. The first kappa shape index (κ1) is 30.5. The Hall–Kier alpha value is -4.06. The van der Waals surface area contributed by atoms with Gasteiger partial charge in [-0.05, 0) is 26.3 Å². The number of hydrogen-bond acceptors (Lipinski definition) is 9. The van der Waals surface area contributed by atoms with E-state index in [1.165, 1.54) is 11.0 Å². The summed E-state index contributed by atoms with van der Waals surface area (Å²) < 4.78 is 10.0. The van der Waals surface area contributed by atoms with Gasteiger partial charge in [0.15, 0.2) is 5.82 Å². The molecule has 12 heteroatoms. The molecule has 2 aromatic rings. The van der Waals surface area contributed by atoms with Crippen LogP contribution in [-0.2, 0) is 19.1 Å². The monoisotopic (exact) mass is 555 g/mol. The number of carbonyl (C=O) groups excluding carboxylic acids is 4. The lowest BCUT2D eigenvalue weighted by molar-refractivity contribution is -0.143. The van der Waals surface area contributed by atoms with E-state index in [4.69, 9.17) is 9.47 Å². The van der Waals surface area contributed by atoms with Gasteiger partial charge in [-0.15, -0.1) is 0 Å². The molecule has 2 heterocycles. The van der Waals surface area contributed by atoms with Crippen molar-refractivity contribution in [3.05, 3.63) is 47.8 Å². The Bertz CT molecular complexity index is 1170. The third-order valence-electron chi connectivity index (χ3n) is 6.45. The highest BCUT2D eigenvalue weighted by Crippen LogP contribution is 2.20. The van der Waals surface area contributed by atoms with E-state index in [9.17, 15) is 24.3 Å². The van der Waals surface area contributed by atoms with E-state index >= 15 is 0 Å². The molecule has 1 aliphatic rings. The topological polar surface area (TPSA) is 151 Å². The van der Waals surface area contributed by atoms with Gasteiger partial charge in [0.05, 0.1) is 25.5 Å². The molecule has 2 atom stereocenters. The number of carbonyl (C=O) groups is 4. The van der Waals surface area contributed by atoms with Crippen LogP contribution in [0.3, 0.4) is 0 Å². The molecule has 2 N–H and O–H groups in total. The summed E-state index contributed by atoms with van der Waals surface area (Å²) in [6, 6.07) is 9.59. The second-order valence-electron chi connectivity index (χ2n) is 9.33. The minimum absolute atomic E-state index is 0.0258. The maximum absolute atomic E-state index is 13.5. The Morgan fingerprint density at radius 3 is 2.25 bits per heavy atom. The van der Waals surface area contributed by atoms with Gasteiger partial charge in [0.2, 0.25) is 5.91 Å². The minimum atomic E-state index is -1.03. The van der Waals surface area contributed by atoms with Gasteiger partial charge in [-0.1, -0.05) is 37.3 Å². The number of aromatic nitrogens is 2. The summed E-state index contributed by atoms with van der Waals surface area (Å²) in [5.74, 6) is -1.50. The van der Waals surface area contributed by atoms with Crippen LogP contribution in [0.1, 0.15) is 55.7 Å². The zero-order chi connectivity index (χ0) is 29.1. The van der Waals surface area contributed by atoms with Gasteiger partial charge in [0.25, 0.3) is 5.91 Å². The van der Waals surface area contributed by atoms with Gasteiger partial charge in [-0.2, -0.15) is 0 Å². The lowest BCUT2D eigenvalue weighted by atomic mass is 10.1. The van der Waals surface area contributed by atoms with Crippen molar-refractivity contribution in [2.75, 3.05) is 46.0 Å². The molecule has 12 nitrogen and oxygen atoms in total. The smallest absolute Gasteiger partial charge is 0.409 e. The quantitative estimate of drug-likeness (QED) is 0.397. The number of nitrogens with zero attached hydrogens (tertiary/aromatic N) is 4. The van der Waals surface area contributed by atoms with Gasteiger partial charge in [0.1, 0.15) is 11.7 Å². The summed E-state index contributed by atoms with van der Waals surface area (Å²) >= 11 is 0. The van der Waals surface area contributed by atoms with Crippen molar-refractivity contribution in [1.29, 1.82) is 0 Å². The molecule has 0 radical (unpaired) electrons. The van der Waals surface area contributed by atoms with Crippen LogP contribution in [0, 0.1) is 0 Å². The van der Waals surface area contributed by atoms with Crippen molar-refractivity contribution in [2.24, 2.45) is 0 Å². The highest BCUT2D eigenvalue weighted by molar-refractivity contribution is 5.96. The summed E-state index contributed by atoms with van der Waals surface area (Å²) in [6.45, 7) is 6.57. The molecule has 1 fully saturated rings. The maximum atomic E-state index is 13.5. The van der Waals surface area contributed by atoms with Crippen LogP contribution in [0.25, 0.3) is 11.4 Å². The van der Waals surface area contributed by atoms with Crippen molar-refractivity contribution in [1.82, 2.24) is 25.1 Å². The highest BCUT2D eigenvalue weighted by atomic mass is 16.6. The van der Waals surface area contributed by atoms with Crippen LogP contribution in [-0.4, -0.2) is 101 Å². The molecule has 3 rings (SSSR count). The van der Waals surface area contributed by atoms with E-state index < -0.39 is 24.0 Å². The van der Waals surface area contributed by atoms with Crippen molar-refractivity contribution < 1.29 is 33.8 Å². The molecular weight excluding hydrogens is 518 g/mol. The largest absolute Gasteiger partial charge is 0.466 e. The van der Waals surface area contributed by atoms with Gasteiger partial charge >= 0.3 is 12.1 Å². The molecule has 0 aliphatic carbocycles. The molecule has 1 aliphatic heterocycles. The molecule has 0 bridgehead atoms. The second-order valence-corrected chi connectivity index (χ2v) is 9.33. The summed E-state index contributed by atoms with van der Waals surface area (Å²) in [5, 5.41) is 12.5. The van der Waals surface area contributed by atoms with Gasteiger partial charge in [-0.3, -0.25) is 14.4 Å². The predicted molar refractivity (Wildman–Crippen MR) is 145 cm³/mol. The predicted octanol–water partition coefficient (Wildman–Crippen LogP) is 1.98. The van der Waals surface area contributed by atoms with E-state index in [-0.39, 0.29) is 76.4 Å². The minimum Gasteiger partial charge on any atom is -0.466 e. The number of aliphatic hydroxyl groups is 1. The Kier molecular flexibility index (Phi) is 11.4. The number of hydrogen-bond donors (Lipinski definition) is 2. The van der Waals surface area contributed by atoms with E-state index in [0.717, 1.165) is 0 Å². The first-order chi connectivity index (χ1) is 19.3. The average Bonchev–Trinajstić information content (AvgIpc) is 2.98. The van der Waals surface area contributed by atoms with Crippen molar-refractivity contribution >= 4 is 23.9 Å². The Labute approximate surface area is 233 Å². The first-order valence-electron chi connectivity index (χ1n) is 13.5. The van der Waals surface area contributed by atoms with Gasteiger partial charge < -0.3 is 29.7 Å². The Morgan fingerprint density at radius 1 is 0.975 bits per heavy atom.